The summed E-state index contributed by atoms with van der Waals surface area (Å²) in [6, 6.07) is 5.86. The highest BCUT2D eigenvalue weighted by atomic mass is 32.1. The van der Waals surface area contributed by atoms with E-state index in [9.17, 15) is 0 Å². The fourth-order valence-corrected chi connectivity index (χ4v) is 3.38. The van der Waals surface area contributed by atoms with E-state index in [1.807, 2.05) is 18.2 Å². The van der Waals surface area contributed by atoms with Crippen LogP contribution in [0.15, 0.2) is 24.4 Å². The lowest BCUT2D eigenvalue weighted by atomic mass is 9.98. The molecule has 1 saturated heterocycles. The quantitative estimate of drug-likeness (QED) is 0.850. The molecular weight excluding hydrogens is 284 g/mol. The maximum atomic E-state index is 5.52. The number of pyridine rings is 1. The van der Waals surface area contributed by atoms with E-state index >= 15 is 0 Å². The van der Waals surface area contributed by atoms with Crippen LogP contribution in [0.3, 0.4) is 0 Å². The van der Waals surface area contributed by atoms with Crippen LogP contribution in [-0.4, -0.2) is 41.5 Å². The van der Waals surface area contributed by atoms with Crippen LogP contribution in [-0.2, 0) is 4.74 Å². The zero-order valence-electron chi connectivity index (χ0n) is 12.2. The van der Waals surface area contributed by atoms with Gasteiger partial charge in [0.25, 0.3) is 0 Å². The van der Waals surface area contributed by atoms with Gasteiger partial charge in [-0.15, -0.1) is 10.2 Å². The SMILES string of the molecule is CCOCC1CCN(c2nnc(-c3ccccn3)s2)CC1. The largest absolute Gasteiger partial charge is 0.381 e. The van der Waals surface area contributed by atoms with Gasteiger partial charge in [0.2, 0.25) is 5.13 Å². The number of rotatable bonds is 5. The summed E-state index contributed by atoms with van der Waals surface area (Å²) in [6.07, 6.45) is 4.12. The Morgan fingerprint density at radius 3 is 2.86 bits per heavy atom. The molecule has 1 aliphatic rings. The van der Waals surface area contributed by atoms with Crippen molar-refractivity contribution in [1.82, 2.24) is 15.2 Å². The Labute approximate surface area is 129 Å². The van der Waals surface area contributed by atoms with Crippen molar-refractivity contribution in [2.75, 3.05) is 31.2 Å². The Hall–Kier alpha value is -1.53. The molecular formula is C15H20N4OS. The molecule has 0 bridgehead atoms. The first-order valence-corrected chi connectivity index (χ1v) is 8.26. The van der Waals surface area contributed by atoms with E-state index in [-0.39, 0.29) is 0 Å². The average molecular weight is 304 g/mol. The lowest BCUT2D eigenvalue weighted by Crippen LogP contribution is -2.35. The van der Waals surface area contributed by atoms with Crippen LogP contribution >= 0.6 is 11.3 Å². The number of hydrogen-bond acceptors (Lipinski definition) is 6. The molecule has 0 atom stereocenters. The number of hydrogen-bond donors (Lipinski definition) is 0. The summed E-state index contributed by atoms with van der Waals surface area (Å²) in [5.74, 6) is 0.685. The lowest BCUT2D eigenvalue weighted by Gasteiger charge is -2.31. The van der Waals surface area contributed by atoms with Crippen LogP contribution in [0.1, 0.15) is 19.8 Å². The van der Waals surface area contributed by atoms with Crippen LogP contribution in [0.5, 0.6) is 0 Å². The van der Waals surface area contributed by atoms with Gasteiger partial charge in [-0.1, -0.05) is 17.4 Å². The molecule has 0 saturated carbocycles. The molecule has 0 aromatic carbocycles. The molecule has 0 unspecified atom stereocenters. The van der Waals surface area contributed by atoms with Gasteiger partial charge in [0.15, 0.2) is 5.01 Å². The molecule has 0 spiro atoms. The molecule has 112 valence electrons. The van der Waals surface area contributed by atoms with Crippen molar-refractivity contribution in [3.8, 4) is 10.7 Å². The van der Waals surface area contributed by atoms with Gasteiger partial charge in [-0.05, 0) is 37.8 Å². The van der Waals surface area contributed by atoms with Gasteiger partial charge >= 0.3 is 0 Å². The van der Waals surface area contributed by atoms with Crippen LogP contribution in [0.2, 0.25) is 0 Å². The Morgan fingerprint density at radius 2 is 2.14 bits per heavy atom. The Bertz CT molecular complexity index is 552. The maximum absolute atomic E-state index is 5.52. The van der Waals surface area contributed by atoms with Gasteiger partial charge in [0.05, 0.1) is 0 Å². The number of piperidine rings is 1. The standard InChI is InChI=1S/C15H20N4OS/c1-2-20-11-12-6-9-19(10-7-12)15-18-17-14(21-15)13-5-3-4-8-16-13/h3-5,8,12H,2,6-7,9-11H2,1H3. The number of anilines is 1. The predicted octanol–water partition coefficient (Wildman–Crippen LogP) is 2.85. The second-order valence-corrected chi connectivity index (χ2v) is 6.15. The predicted molar refractivity (Wildman–Crippen MR) is 84.6 cm³/mol. The van der Waals surface area contributed by atoms with Crippen LogP contribution in [0, 0.1) is 5.92 Å². The second kappa shape index (κ2) is 6.95. The highest BCUT2D eigenvalue weighted by Crippen LogP contribution is 2.30. The molecule has 1 aliphatic heterocycles. The van der Waals surface area contributed by atoms with E-state index in [2.05, 4.69) is 27.0 Å². The molecule has 5 nitrogen and oxygen atoms in total. The number of nitrogens with zero attached hydrogens (tertiary/aromatic N) is 4. The van der Waals surface area contributed by atoms with Crippen molar-refractivity contribution in [1.29, 1.82) is 0 Å². The summed E-state index contributed by atoms with van der Waals surface area (Å²) in [7, 11) is 0. The zero-order valence-corrected chi connectivity index (χ0v) is 13.1. The molecule has 0 aliphatic carbocycles. The van der Waals surface area contributed by atoms with E-state index in [4.69, 9.17) is 4.74 Å². The topological polar surface area (TPSA) is 51.1 Å². The molecule has 3 heterocycles. The van der Waals surface area contributed by atoms with E-state index < -0.39 is 0 Å². The molecule has 6 heteroatoms. The van der Waals surface area contributed by atoms with Crippen molar-refractivity contribution in [3.05, 3.63) is 24.4 Å². The maximum Gasteiger partial charge on any atom is 0.208 e. The first-order valence-electron chi connectivity index (χ1n) is 7.44. The van der Waals surface area contributed by atoms with Gasteiger partial charge < -0.3 is 9.64 Å². The van der Waals surface area contributed by atoms with Crippen molar-refractivity contribution >= 4 is 16.5 Å². The zero-order chi connectivity index (χ0) is 14.5. The smallest absolute Gasteiger partial charge is 0.208 e. The Balaban J connectivity index is 1.60. The molecule has 0 amide bonds. The van der Waals surface area contributed by atoms with Crippen LogP contribution in [0.4, 0.5) is 5.13 Å². The lowest BCUT2D eigenvalue weighted by molar-refractivity contribution is 0.100. The first kappa shape index (κ1) is 14.4. The summed E-state index contributed by atoms with van der Waals surface area (Å²) in [5, 5.41) is 10.5. The molecule has 0 radical (unpaired) electrons. The van der Waals surface area contributed by atoms with E-state index in [1.54, 1.807) is 17.5 Å². The molecule has 3 rings (SSSR count). The minimum atomic E-state index is 0.685. The van der Waals surface area contributed by atoms with Gasteiger partial charge in [-0.25, -0.2) is 0 Å². The summed E-state index contributed by atoms with van der Waals surface area (Å²) >= 11 is 1.62. The van der Waals surface area contributed by atoms with Crippen molar-refractivity contribution in [3.63, 3.8) is 0 Å². The highest BCUT2D eigenvalue weighted by molar-refractivity contribution is 7.18. The van der Waals surface area contributed by atoms with Crippen molar-refractivity contribution < 1.29 is 4.74 Å². The summed E-state index contributed by atoms with van der Waals surface area (Å²) in [6.45, 7) is 5.82. The van der Waals surface area contributed by atoms with Gasteiger partial charge in [0, 0.05) is 32.5 Å². The Kier molecular flexibility index (Phi) is 4.77. The molecule has 2 aromatic rings. The summed E-state index contributed by atoms with van der Waals surface area (Å²) < 4.78 is 5.52. The normalized spacial score (nSPS) is 16.3. The Morgan fingerprint density at radius 1 is 1.29 bits per heavy atom. The van der Waals surface area contributed by atoms with E-state index in [0.29, 0.717) is 5.92 Å². The van der Waals surface area contributed by atoms with Crippen LogP contribution < -0.4 is 4.90 Å². The fourth-order valence-electron chi connectivity index (χ4n) is 2.51. The minimum Gasteiger partial charge on any atom is -0.381 e. The number of ether oxygens (including phenoxy) is 1. The summed E-state index contributed by atoms with van der Waals surface area (Å²) in [4.78, 5) is 6.65. The second-order valence-electron chi connectivity index (χ2n) is 5.19. The molecule has 1 fully saturated rings. The third kappa shape index (κ3) is 3.57. The third-order valence-electron chi connectivity index (χ3n) is 3.74. The van der Waals surface area contributed by atoms with Crippen molar-refractivity contribution in [2.24, 2.45) is 5.92 Å². The monoisotopic (exact) mass is 304 g/mol. The molecule has 0 N–H and O–H groups in total. The summed E-state index contributed by atoms with van der Waals surface area (Å²) in [5.41, 5.74) is 0.896. The fraction of sp³-hybridized carbons (Fsp3) is 0.533. The van der Waals surface area contributed by atoms with Crippen LogP contribution in [0.25, 0.3) is 10.7 Å². The molecule has 2 aromatic heterocycles. The minimum absolute atomic E-state index is 0.685. The third-order valence-corrected chi connectivity index (χ3v) is 4.75. The average Bonchev–Trinajstić information content (AvgIpc) is 3.04. The van der Waals surface area contributed by atoms with E-state index in [0.717, 1.165) is 42.1 Å². The van der Waals surface area contributed by atoms with Gasteiger partial charge in [-0.3, -0.25) is 4.98 Å². The highest BCUT2D eigenvalue weighted by Gasteiger charge is 2.22. The van der Waals surface area contributed by atoms with Gasteiger partial charge in [0.1, 0.15) is 5.69 Å². The van der Waals surface area contributed by atoms with E-state index in [1.165, 1.54) is 12.8 Å². The molecule has 21 heavy (non-hydrogen) atoms. The number of aromatic nitrogens is 3. The van der Waals surface area contributed by atoms with Gasteiger partial charge in [-0.2, -0.15) is 0 Å². The van der Waals surface area contributed by atoms with Crippen molar-refractivity contribution in [2.45, 2.75) is 19.8 Å². The first-order chi connectivity index (χ1) is 10.4.